The van der Waals surface area contributed by atoms with Gasteiger partial charge in [0, 0.05) is 34.1 Å². The van der Waals surface area contributed by atoms with Crippen LogP contribution >= 0.6 is 34.8 Å². The van der Waals surface area contributed by atoms with Gasteiger partial charge in [-0.3, -0.25) is 0 Å². The van der Waals surface area contributed by atoms with E-state index in [0.717, 1.165) is 18.4 Å². The molecule has 1 atom stereocenters. The smallest absolute Gasteiger partial charge is 0.0465 e. The molecule has 1 rings (SSSR count). The first-order chi connectivity index (χ1) is 7.69. The Hall–Kier alpha value is 0.0500. The summed E-state index contributed by atoms with van der Waals surface area (Å²) in [5.74, 6) is 0.668. The highest BCUT2D eigenvalue weighted by Crippen LogP contribution is 2.24. The maximum Gasteiger partial charge on any atom is 0.0465 e. The van der Waals surface area contributed by atoms with Gasteiger partial charge >= 0.3 is 0 Å². The Morgan fingerprint density at radius 1 is 1.25 bits per heavy atom. The molecule has 0 aliphatic rings. The van der Waals surface area contributed by atoms with E-state index in [0.29, 0.717) is 28.5 Å². The molecule has 16 heavy (non-hydrogen) atoms. The number of nitrogens with one attached hydrogen (secondary N) is 1. The summed E-state index contributed by atoms with van der Waals surface area (Å²) >= 11 is 17.9. The summed E-state index contributed by atoms with van der Waals surface area (Å²) in [5.41, 5.74) is 0.957. The van der Waals surface area contributed by atoms with Crippen molar-refractivity contribution in [3.05, 3.63) is 33.8 Å². The molecule has 1 unspecified atom stereocenters. The lowest BCUT2D eigenvalue weighted by Crippen LogP contribution is -2.28. The summed E-state index contributed by atoms with van der Waals surface area (Å²) in [7, 11) is 0. The van der Waals surface area contributed by atoms with E-state index >= 15 is 0 Å². The summed E-state index contributed by atoms with van der Waals surface area (Å²) < 4.78 is 0. The van der Waals surface area contributed by atoms with Crippen LogP contribution in [0.4, 0.5) is 0 Å². The van der Waals surface area contributed by atoms with Crippen molar-refractivity contribution in [2.45, 2.75) is 32.4 Å². The van der Waals surface area contributed by atoms with E-state index in [-0.39, 0.29) is 0 Å². The average Bonchev–Trinajstić information content (AvgIpc) is 2.27. The molecular weight excluding hydrogens is 264 g/mol. The molecule has 0 aliphatic carbocycles. The van der Waals surface area contributed by atoms with Gasteiger partial charge < -0.3 is 5.32 Å². The molecule has 0 aliphatic heterocycles. The third-order valence-corrected chi connectivity index (χ3v) is 3.51. The number of hydrogen-bond donors (Lipinski definition) is 1. The van der Waals surface area contributed by atoms with Crippen molar-refractivity contribution in [2.75, 3.05) is 5.88 Å². The fraction of sp³-hybridized carbons (Fsp3) is 0.500. The van der Waals surface area contributed by atoms with Crippen molar-refractivity contribution in [2.24, 2.45) is 0 Å². The number of halogens is 3. The molecule has 1 aromatic rings. The topological polar surface area (TPSA) is 12.0 Å². The first-order valence-corrected chi connectivity index (χ1v) is 6.70. The Bertz CT molecular complexity index is 308. The van der Waals surface area contributed by atoms with Gasteiger partial charge in [-0.25, -0.2) is 0 Å². The maximum absolute atomic E-state index is 6.08. The third kappa shape index (κ3) is 4.14. The predicted octanol–water partition coefficient (Wildman–Crippen LogP) is 4.49. The fourth-order valence-corrected chi connectivity index (χ4v) is 2.32. The molecule has 0 spiro atoms. The molecule has 0 fully saturated rings. The molecule has 1 aromatic carbocycles. The molecule has 90 valence electrons. The lowest BCUT2D eigenvalue weighted by Gasteiger charge is -2.16. The SMILES string of the molecule is CCC(CCCl)NCc1c(Cl)cccc1Cl. The molecular formula is C12H16Cl3N. The predicted molar refractivity (Wildman–Crippen MR) is 72.7 cm³/mol. The van der Waals surface area contributed by atoms with Crippen LogP contribution in [-0.4, -0.2) is 11.9 Å². The quantitative estimate of drug-likeness (QED) is 0.757. The van der Waals surface area contributed by atoms with Gasteiger partial charge in [-0.05, 0) is 25.0 Å². The molecule has 0 amide bonds. The first-order valence-electron chi connectivity index (χ1n) is 5.41. The Morgan fingerprint density at radius 2 is 1.88 bits per heavy atom. The zero-order chi connectivity index (χ0) is 12.0. The Morgan fingerprint density at radius 3 is 2.38 bits per heavy atom. The normalized spacial score (nSPS) is 12.8. The van der Waals surface area contributed by atoms with Crippen LogP contribution < -0.4 is 5.32 Å². The molecule has 0 bridgehead atoms. The highest BCUT2D eigenvalue weighted by atomic mass is 35.5. The maximum atomic E-state index is 6.08. The number of rotatable bonds is 6. The third-order valence-electron chi connectivity index (χ3n) is 2.58. The van der Waals surface area contributed by atoms with E-state index < -0.39 is 0 Å². The summed E-state index contributed by atoms with van der Waals surface area (Å²) in [6.45, 7) is 2.83. The molecule has 1 nitrogen and oxygen atoms in total. The van der Waals surface area contributed by atoms with Crippen LogP contribution in [0.25, 0.3) is 0 Å². The van der Waals surface area contributed by atoms with Crippen molar-refractivity contribution < 1.29 is 0 Å². The second kappa shape index (κ2) is 7.39. The highest BCUT2D eigenvalue weighted by molar-refractivity contribution is 6.35. The minimum absolute atomic E-state index is 0.421. The molecule has 0 aromatic heterocycles. The van der Waals surface area contributed by atoms with Gasteiger partial charge in [0.1, 0.15) is 0 Å². The zero-order valence-corrected chi connectivity index (χ0v) is 11.5. The van der Waals surface area contributed by atoms with Gasteiger partial charge in [0.25, 0.3) is 0 Å². The van der Waals surface area contributed by atoms with Gasteiger partial charge in [0.05, 0.1) is 0 Å². The largest absolute Gasteiger partial charge is 0.310 e. The molecule has 0 radical (unpaired) electrons. The van der Waals surface area contributed by atoms with Crippen molar-refractivity contribution in [1.29, 1.82) is 0 Å². The Kier molecular flexibility index (Phi) is 6.52. The average molecular weight is 281 g/mol. The second-order valence-corrected chi connectivity index (χ2v) is 4.86. The summed E-state index contributed by atoms with van der Waals surface area (Å²) in [6, 6.07) is 5.98. The number of alkyl halides is 1. The van der Waals surface area contributed by atoms with Crippen LogP contribution in [0.2, 0.25) is 10.0 Å². The minimum atomic E-state index is 0.421. The molecule has 0 saturated heterocycles. The summed E-state index contributed by atoms with van der Waals surface area (Å²) in [4.78, 5) is 0. The van der Waals surface area contributed by atoms with E-state index in [1.54, 1.807) is 0 Å². The van der Waals surface area contributed by atoms with Crippen LogP contribution in [0, 0.1) is 0 Å². The zero-order valence-electron chi connectivity index (χ0n) is 9.27. The highest BCUT2D eigenvalue weighted by Gasteiger charge is 2.08. The van der Waals surface area contributed by atoms with Crippen LogP contribution in [0.1, 0.15) is 25.3 Å². The van der Waals surface area contributed by atoms with Gasteiger partial charge in [0.15, 0.2) is 0 Å². The van der Waals surface area contributed by atoms with Crippen LogP contribution in [0.5, 0.6) is 0 Å². The molecule has 4 heteroatoms. The Balaban J connectivity index is 2.59. The van der Waals surface area contributed by atoms with Crippen LogP contribution in [-0.2, 0) is 6.54 Å². The lowest BCUT2D eigenvalue weighted by molar-refractivity contribution is 0.486. The van der Waals surface area contributed by atoms with Crippen molar-refractivity contribution in [3.63, 3.8) is 0 Å². The summed E-state index contributed by atoms with van der Waals surface area (Å²) in [5, 5.41) is 4.83. The van der Waals surface area contributed by atoms with E-state index in [2.05, 4.69) is 12.2 Å². The van der Waals surface area contributed by atoms with Gasteiger partial charge in [0.2, 0.25) is 0 Å². The van der Waals surface area contributed by atoms with Crippen molar-refractivity contribution in [1.82, 2.24) is 5.32 Å². The summed E-state index contributed by atoms with van der Waals surface area (Å²) in [6.07, 6.45) is 2.01. The van der Waals surface area contributed by atoms with E-state index in [1.807, 2.05) is 18.2 Å². The van der Waals surface area contributed by atoms with Gasteiger partial charge in [-0.2, -0.15) is 0 Å². The van der Waals surface area contributed by atoms with Crippen LogP contribution in [0.15, 0.2) is 18.2 Å². The van der Waals surface area contributed by atoms with Gasteiger partial charge in [-0.1, -0.05) is 36.2 Å². The fourth-order valence-electron chi connectivity index (χ4n) is 1.53. The van der Waals surface area contributed by atoms with Crippen LogP contribution in [0.3, 0.4) is 0 Å². The van der Waals surface area contributed by atoms with E-state index in [9.17, 15) is 0 Å². The van der Waals surface area contributed by atoms with E-state index in [4.69, 9.17) is 34.8 Å². The molecule has 0 heterocycles. The lowest BCUT2D eigenvalue weighted by atomic mass is 10.1. The Labute approximate surface area is 112 Å². The van der Waals surface area contributed by atoms with Crippen molar-refractivity contribution in [3.8, 4) is 0 Å². The second-order valence-electron chi connectivity index (χ2n) is 3.66. The monoisotopic (exact) mass is 279 g/mol. The standard InChI is InChI=1S/C12H16Cl3N/c1-2-9(6-7-13)16-8-10-11(14)4-3-5-12(10)15/h3-5,9,16H,2,6-8H2,1H3. The number of benzene rings is 1. The minimum Gasteiger partial charge on any atom is -0.310 e. The van der Waals surface area contributed by atoms with E-state index in [1.165, 1.54) is 0 Å². The molecule has 1 N–H and O–H groups in total. The molecule has 0 saturated carbocycles. The van der Waals surface area contributed by atoms with Crippen molar-refractivity contribution >= 4 is 34.8 Å². The first kappa shape index (κ1) is 14.1. The number of hydrogen-bond acceptors (Lipinski definition) is 1. The van der Waals surface area contributed by atoms with Gasteiger partial charge in [-0.15, -0.1) is 11.6 Å².